The molecule has 1 fully saturated rings. The Morgan fingerprint density at radius 1 is 1.50 bits per heavy atom. The van der Waals surface area contributed by atoms with Crippen LogP contribution in [-0.4, -0.2) is 35.7 Å². The third kappa shape index (κ3) is 2.27. The van der Waals surface area contributed by atoms with Crippen molar-refractivity contribution < 1.29 is 5.11 Å². The summed E-state index contributed by atoms with van der Waals surface area (Å²) in [6, 6.07) is 0.564. The lowest BCUT2D eigenvalue weighted by Crippen LogP contribution is -2.39. The number of rotatable bonds is 0. The molecule has 0 radical (unpaired) electrons. The molecule has 0 saturated carbocycles. The Morgan fingerprint density at radius 3 is 2.50 bits per heavy atom. The zero-order chi connectivity index (χ0) is 6.85. The molecule has 1 aliphatic heterocycles. The van der Waals surface area contributed by atoms with Gasteiger partial charge in [0.05, 0.1) is 6.10 Å². The van der Waals surface area contributed by atoms with Gasteiger partial charge in [-0.25, -0.2) is 0 Å². The Kier molecular flexibility index (Phi) is 3.91. The summed E-state index contributed by atoms with van der Waals surface area (Å²) in [6.45, 7) is 3.20. The molecule has 2 atom stereocenters. The Hall–Kier alpha value is -0.0800. The number of hydrogen-bond donors (Lipinski definition) is 1. The summed E-state index contributed by atoms with van der Waals surface area (Å²) in [4.78, 5) is 2.28. The van der Waals surface area contributed by atoms with Gasteiger partial charge in [-0.1, -0.05) is 7.43 Å². The van der Waals surface area contributed by atoms with Crippen LogP contribution in [0.4, 0.5) is 0 Å². The second-order valence-electron chi connectivity index (χ2n) is 3.01. The molecular weight excluding hydrogens is 126 g/mol. The number of aliphatic hydroxyl groups is 1. The Bertz CT molecular complexity index is 95.3. The first-order valence-corrected chi connectivity index (χ1v) is 3.58. The maximum Gasteiger partial charge on any atom is 0.0567 e. The second-order valence-corrected chi connectivity index (χ2v) is 3.01. The van der Waals surface area contributed by atoms with Gasteiger partial charge in [-0.2, -0.15) is 0 Å². The molecule has 1 aliphatic rings. The lowest BCUT2D eigenvalue weighted by Gasteiger charge is -2.32. The van der Waals surface area contributed by atoms with Crippen molar-refractivity contribution in [3.05, 3.63) is 0 Å². The molecule has 0 aromatic heterocycles. The molecule has 2 heteroatoms. The van der Waals surface area contributed by atoms with Crippen molar-refractivity contribution >= 4 is 0 Å². The first-order chi connectivity index (χ1) is 4.20. The van der Waals surface area contributed by atoms with Crippen LogP contribution in [0.5, 0.6) is 0 Å². The van der Waals surface area contributed by atoms with Gasteiger partial charge in [0.1, 0.15) is 0 Å². The third-order valence-corrected chi connectivity index (χ3v) is 2.18. The van der Waals surface area contributed by atoms with Crippen molar-refractivity contribution in [1.82, 2.24) is 4.90 Å². The summed E-state index contributed by atoms with van der Waals surface area (Å²) in [5.74, 6) is 0. The van der Waals surface area contributed by atoms with E-state index in [-0.39, 0.29) is 13.5 Å². The molecule has 10 heavy (non-hydrogen) atoms. The van der Waals surface area contributed by atoms with Crippen LogP contribution in [-0.2, 0) is 0 Å². The van der Waals surface area contributed by atoms with Crippen molar-refractivity contribution in [3.8, 4) is 0 Å². The number of nitrogens with zero attached hydrogens (tertiary/aromatic N) is 1. The molecule has 0 spiro atoms. The fourth-order valence-electron chi connectivity index (χ4n) is 1.26. The molecule has 0 aromatic rings. The van der Waals surface area contributed by atoms with Gasteiger partial charge in [-0.3, -0.25) is 0 Å². The lowest BCUT2D eigenvalue weighted by atomic mass is 10.0. The van der Waals surface area contributed by atoms with Gasteiger partial charge in [0.15, 0.2) is 0 Å². The highest BCUT2D eigenvalue weighted by Gasteiger charge is 2.19. The standard InChI is InChI=1S/C7H15NO.CH4/c1-6-5-7(9)3-4-8(6)2;/h6-7,9H,3-5H2,1-2H3;1H4. The van der Waals surface area contributed by atoms with Gasteiger partial charge in [-0.15, -0.1) is 0 Å². The van der Waals surface area contributed by atoms with E-state index in [9.17, 15) is 5.11 Å². The Balaban J connectivity index is 0.000000810. The molecule has 0 aliphatic carbocycles. The van der Waals surface area contributed by atoms with E-state index in [1.165, 1.54) is 0 Å². The van der Waals surface area contributed by atoms with Crippen LogP contribution in [0.1, 0.15) is 27.2 Å². The minimum atomic E-state index is -0.0452. The summed E-state index contributed by atoms with van der Waals surface area (Å²) >= 11 is 0. The van der Waals surface area contributed by atoms with Crippen molar-refractivity contribution in [1.29, 1.82) is 0 Å². The van der Waals surface area contributed by atoms with Crippen molar-refractivity contribution in [2.24, 2.45) is 0 Å². The fourth-order valence-corrected chi connectivity index (χ4v) is 1.26. The Morgan fingerprint density at radius 2 is 2.10 bits per heavy atom. The Labute approximate surface area is 63.8 Å². The molecule has 1 rings (SSSR count). The molecule has 0 aromatic carbocycles. The van der Waals surface area contributed by atoms with Gasteiger partial charge >= 0.3 is 0 Å². The summed E-state index contributed by atoms with van der Waals surface area (Å²) in [5, 5.41) is 9.17. The van der Waals surface area contributed by atoms with E-state index in [2.05, 4.69) is 18.9 Å². The topological polar surface area (TPSA) is 23.5 Å². The third-order valence-electron chi connectivity index (χ3n) is 2.18. The zero-order valence-electron chi connectivity index (χ0n) is 6.17. The lowest BCUT2D eigenvalue weighted by molar-refractivity contribution is 0.0624. The van der Waals surface area contributed by atoms with Gasteiger partial charge in [0.2, 0.25) is 0 Å². The number of hydrogen-bond acceptors (Lipinski definition) is 2. The minimum absolute atomic E-state index is 0. The molecule has 2 nitrogen and oxygen atoms in total. The predicted octanol–water partition coefficient (Wildman–Crippen LogP) is 1.10. The highest BCUT2D eigenvalue weighted by atomic mass is 16.3. The van der Waals surface area contributed by atoms with Gasteiger partial charge in [-0.05, 0) is 26.8 Å². The molecule has 1 saturated heterocycles. The second kappa shape index (κ2) is 3.94. The van der Waals surface area contributed by atoms with E-state index in [1.807, 2.05) is 0 Å². The molecule has 62 valence electrons. The molecule has 1 N–H and O–H groups in total. The largest absolute Gasteiger partial charge is 0.393 e. The normalized spacial score (nSPS) is 35.1. The van der Waals surface area contributed by atoms with Crippen LogP contribution in [0.2, 0.25) is 0 Å². The average Bonchev–Trinajstić information content (AvgIpc) is 1.80. The number of piperidine rings is 1. The maximum atomic E-state index is 9.17. The van der Waals surface area contributed by atoms with Gasteiger partial charge in [0, 0.05) is 12.6 Å². The van der Waals surface area contributed by atoms with Crippen LogP contribution in [0.15, 0.2) is 0 Å². The van der Waals surface area contributed by atoms with Crippen molar-refractivity contribution in [3.63, 3.8) is 0 Å². The molecule has 1 heterocycles. The minimum Gasteiger partial charge on any atom is -0.393 e. The zero-order valence-corrected chi connectivity index (χ0v) is 6.17. The van der Waals surface area contributed by atoms with E-state index < -0.39 is 0 Å². The quantitative estimate of drug-likeness (QED) is 0.551. The van der Waals surface area contributed by atoms with E-state index >= 15 is 0 Å². The number of aliphatic hydroxyl groups excluding tert-OH is 1. The van der Waals surface area contributed by atoms with Crippen molar-refractivity contribution in [2.45, 2.75) is 39.3 Å². The molecule has 0 bridgehead atoms. The maximum absolute atomic E-state index is 9.17. The highest BCUT2D eigenvalue weighted by Crippen LogP contribution is 2.14. The number of likely N-dealkylation sites (tertiary alicyclic amines) is 1. The first kappa shape index (κ1) is 9.92. The summed E-state index contributed by atoms with van der Waals surface area (Å²) in [7, 11) is 2.11. The summed E-state index contributed by atoms with van der Waals surface area (Å²) in [6.07, 6.45) is 1.84. The van der Waals surface area contributed by atoms with Crippen LogP contribution in [0.25, 0.3) is 0 Å². The fraction of sp³-hybridized carbons (Fsp3) is 1.00. The SMILES string of the molecule is C.CC1CC(O)CCN1C. The monoisotopic (exact) mass is 145 g/mol. The summed E-state index contributed by atoms with van der Waals surface area (Å²) in [5.41, 5.74) is 0. The van der Waals surface area contributed by atoms with Crippen LogP contribution in [0, 0.1) is 0 Å². The van der Waals surface area contributed by atoms with Crippen LogP contribution >= 0.6 is 0 Å². The van der Waals surface area contributed by atoms with Gasteiger partial charge in [0.25, 0.3) is 0 Å². The molecule has 2 unspecified atom stereocenters. The van der Waals surface area contributed by atoms with Crippen LogP contribution in [0.3, 0.4) is 0 Å². The van der Waals surface area contributed by atoms with Gasteiger partial charge < -0.3 is 10.0 Å². The average molecular weight is 145 g/mol. The highest BCUT2D eigenvalue weighted by molar-refractivity contribution is 4.75. The summed E-state index contributed by atoms with van der Waals surface area (Å²) < 4.78 is 0. The molecular formula is C8H19NO. The first-order valence-electron chi connectivity index (χ1n) is 3.58. The van der Waals surface area contributed by atoms with E-state index in [4.69, 9.17) is 0 Å². The smallest absolute Gasteiger partial charge is 0.0567 e. The predicted molar refractivity (Wildman–Crippen MR) is 44.1 cm³/mol. The van der Waals surface area contributed by atoms with E-state index in [1.54, 1.807) is 0 Å². The van der Waals surface area contributed by atoms with Crippen LogP contribution < -0.4 is 0 Å². The van der Waals surface area contributed by atoms with E-state index in [0.717, 1.165) is 19.4 Å². The van der Waals surface area contributed by atoms with E-state index in [0.29, 0.717) is 6.04 Å². The van der Waals surface area contributed by atoms with Crippen molar-refractivity contribution in [2.75, 3.05) is 13.6 Å². The molecule has 0 amide bonds.